The third kappa shape index (κ3) is 12.1. The number of hydrogen-bond acceptors (Lipinski definition) is 4. The van der Waals surface area contributed by atoms with Crippen molar-refractivity contribution in [2.45, 2.75) is 154 Å². The van der Waals surface area contributed by atoms with E-state index in [1.54, 1.807) is 0 Å². The van der Waals surface area contributed by atoms with Crippen molar-refractivity contribution in [3.63, 3.8) is 0 Å². The Labute approximate surface area is 395 Å². The molecule has 350 valence electrons. The molecular weight excluding hydrogens is 813 g/mol. The van der Waals surface area contributed by atoms with Crippen LogP contribution in [0.3, 0.4) is 0 Å². The number of rotatable bonds is 10. The summed E-state index contributed by atoms with van der Waals surface area (Å²) in [5.41, 5.74) is 11.9. The van der Waals surface area contributed by atoms with Gasteiger partial charge in [0.05, 0.1) is 0 Å². The Balaban J connectivity index is 0.932. The van der Waals surface area contributed by atoms with Crippen LogP contribution in [-0.4, -0.2) is 49.3 Å². The van der Waals surface area contributed by atoms with Crippen molar-refractivity contribution in [2.75, 3.05) is 23.7 Å². The number of benzene rings is 5. The molecule has 0 bridgehead atoms. The third-order valence-electron chi connectivity index (χ3n) is 13.7. The van der Waals surface area contributed by atoms with Crippen molar-refractivity contribution in [1.29, 1.82) is 0 Å². The zero-order valence-corrected chi connectivity index (χ0v) is 41.7. The number of urea groups is 2. The van der Waals surface area contributed by atoms with Gasteiger partial charge in [0.2, 0.25) is 0 Å². The van der Waals surface area contributed by atoms with Crippen LogP contribution in [0.2, 0.25) is 0 Å². The smallest absolute Gasteiger partial charge is 0.319 e. The normalized spacial score (nSPS) is 19.2. The van der Waals surface area contributed by atoms with Gasteiger partial charge in [-0.1, -0.05) is 180 Å². The number of nitrogens with one attached hydrogen (secondary N) is 6. The summed E-state index contributed by atoms with van der Waals surface area (Å²) in [7, 11) is 0. The van der Waals surface area contributed by atoms with Crippen molar-refractivity contribution in [1.82, 2.24) is 21.3 Å². The average Bonchev–Trinajstić information content (AvgIpc) is 3.90. The molecule has 0 saturated carbocycles. The molecule has 0 unspecified atom stereocenters. The summed E-state index contributed by atoms with van der Waals surface area (Å²) in [6.45, 7) is 28.3. The maximum atomic E-state index is 13.3. The molecule has 7 rings (SSSR count). The fraction of sp³-hybridized carbons (Fsp3) is 0.448. The van der Waals surface area contributed by atoms with E-state index in [1.165, 1.54) is 44.5 Å². The molecule has 0 aliphatic carbocycles. The monoisotopic (exact) mass is 889 g/mol. The largest absolute Gasteiger partial charge is 0.334 e. The van der Waals surface area contributed by atoms with Gasteiger partial charge in [-0.15, -0.1) is 0 Å². The second-order valence-corrected chi connectivity index (χ2v) is 23.1. The van der Waals surface area contributed by atoms with Crippen LogP contribution in [0.15, 0.2) is 121 Å². The van der Waals surface area contributed by atoms with Gasteiger partial charge < -0.3 is 31.9 Å². The molecule has 2 saturated heterocycles. The van der Waals surface area contributed by atoms with Crippen molar-refractivity contribution in [3.8, 4) is 0 Å². The standard InChI is InChI=1S/C58H76N6O2/c1-55(2,3)41-21-13-37(14-22-41)51(38-15-23-42(24-16-38)56(4,5)6)49-33-47(35-59-49)63-53(65)61-45-29-31-46(32-30-45)62-54(66)64-48-34-50(60-36-48)52(39-17-25-43(26-18-39)57(7,8)9)40-19-27-44(28-20-40)58(10,11)12/h13-32,47-52,59-60H,33-36H2,1-12H3,(H2,61,63,65)(H2,62,64,66)/t47-,48-,49-,50-/m1/s1. The molecule has 66 heavy (non-hydrogen) atoms. The Kier molecular flexibility index (Phi) is 14.3. The Morgan fingerprint density at radius 2 is 0.652 bits per heavy atom. The average molecular weight is 889 g/mol. The molecule has 0 aromatic heterocycles. The fourth-order valence-corrected chi connectivity index (χ4v) is 9.68. The molecule has 5 aromatic rings. The summed E-state index contributed by atoms with van der Waals surface area (Å²) >= 11 is 0. The molecule has 0 radical (unpaired) electrons. The summed E-state index contributed by atoms with van der Waals surface area (Å²) in [5.74, 6) is 0.271. The first-order chi connectivity index (χ1) is 31.0. The first-order valence-electron chi connectivity index (χ1n) is 24.1. The van der Waals surface area contributed by atoms with Gasteiger partial charge in [0.1, 0.15) is 0 Å². The number of hydrogen-bond donors (Lipinski definition) is 6. The predicted molar refractivity (Wildman–Crippen MR) is 275 cm³/mol. The minimum atomic E-state index is -0.251. The van der Waals surface area contributed by atoms with Crippen molar-refractivity contribution in [2.24, 2.45) is 0 Å². The van der Waals surface area contributed by atoms with E-state index in [-0.39, 0.29) is 69.7 Å². The van der Waals surface area contributed by atoms with Crippen LogP contribution in [0, 0.1) is 0 Å². The molecule has 2 aliphatic heterocycles. The van der Waals surface area contributed by atoms with Gasteiger partial charge in [-0.05, 0) is 103 Å². The first-order valence-corrected chi connectivity index (χ1v) is 24.1. The van der Waals surface area contributed by atoms with Crippen LogP contribution in [0.25, 0.3) is 0 Å². The summed E-state index contributed by atoms with van der Waals surface area (Å²) in [4.78, 5) is 26.7. The van der Waals surface area contributed by atoms with Gasteiger partial charge in [0.15, 0.2) is 0 Å². The number of carbonyl (C=O) groups excluding carboxylic acids is 2. The second kappa shape index (κ2) is 19.4. The molecular formula is C58H76N6O2. The highest BCUT2D eigenvalue weighted by Crippen LogP contribution is 2.37. The minimum Gasteiger partial charge on any atom is -0.334 e. The highest BCUT2D eigenvalue weighted by atomic mass is 16.2. The van der Waals surface area contributed by atoms with Gasteiger partial charge in [-0.2, -0.15) is 0 Å². The molecule has 6 N–H and O–H groups in total. The van der Waals surface area contributed by atoms with Gasteiger partial charge in [0.25, 0.3) is 0 Å². The highest BCUT2D eigenvalue weighted by molar-refractivity contribution is 5.92. The van der Waals surface area contributed by atoms with E-state index in [4.69, 9.17) is 0 Å². The fourth-order valence-electron chi connectivity index (χ4n) is 9.68. The molecule has 2 fully saturated rings. The highest BCUT2D eigenvalue weighted by Gasteiger charge is 2.35. The molecule has 4 atom stereocenters. The van der Waals surface area contributed by atoms with Crippen LogP contribution in [-0.2, 0) is 21.7 Å². The first kappa shape index (κ1) is 48.5. The predicted octanol–water partition coefficient (Wildman–Crippen LogP) is 12.2. The lowest BCUT2D eigenvalue weighted by molar-refractivity contribution is 0.248. The SMILES string of the molecule is CC(C)(C)c1ccc(C(c2ccc(C(C)(C)C)cc2)[C@H]2C[C@@H](NC(=O)Nc3ccc(NC(=O)N[C@H]4CN[C@@H](C(c5ccc(C(C)(C)C)cc5)c5ccc(C(C)(C)C)cc5)C4)cc3)CN2)cc1. The van der Waals surface area contributed by atoms with E-state index in [2.05, 4.69) is 212 Å². The Hall–Kier alpha value is -5.44. The maximum Gasteiger partial charge on any atom is 0.319 e. The summed E-state index contributed by atoms with van der Waals surface area (Å²) in [6, 6.07) is 43.3. The molecule has 8 heteroatoms. The van der Waals surface area contributed by atoms with E-state index in [9.17, 15) is 9.59 Å². The Bertz CT molecular complexity index is 2110. The number of anilines is 2. The van der Waals surface area contributed by atoms with E-state index >= 15 is 0 Å². The van der Waals surface area contributed by atoms with Crippen LogP contribution in [0.1, 0.15) is 152 Å². The second-order valence-electron chi connectivity index (χ2n) is 23.1. The minimum absolute atomic E-state index is 0.0344. The number of amides is 4. The Morgan fingerprint density at radius 1 is 0.409 bits per heavy atom. The van der Waals surface area contributed by atoms with Crippen molar-refractivity contribution in [3.05, 3.63) is 166 Å². The lowest BCUT2D eigenvalue weighted by atomic mass is 9.80. The van der Waals surface area contributed by atoms with E-state index in [0.29, 0.717) is 24.5 Å². The van der Waals surface area contributed by atoms with E-state index in [0.717, 1.165) is 12.8 Å². The summed E-state index contributed by atoms with van der Waals surface area (Å²) in [6.07, 6.45) is 1.59. The maximum absolute atomic E-state index is 13.3. The van der Waals surface area contributed by atoms with Crippen molar-refractivity contribution >= 4 is 23.4 Å². The third-order valence-corrected chi connectivity index (χ3v) is 13.7. The molecule has 2 aliphatic rings. The van der Waals surface area contributed by atoms with Gasteiger partial charge in [0, 0.05) is 60.5 Å². The summed E-state index contributed by atoms with van der Waals surface area (Å²) < 4.78 is 0. The molecule has 8 nitrogen and oxygen atoms in total. The van der Waals surface area contributed by atoms with Crippen LogP contribution in [0.5, 0.6) is 0 Å². The van der Waals surface area contributed by atoms with Gasteiger partial charge >= 0.3 is 12.1 Å². The van der Waals surface area contributed by atoms with Crippen LogP contribution in [0.4, 0.5) is 21.0 Å². The van der Waals surface area contributed by atoms with Crippen LogP contribution >= 0.6 is 0 Å². The van der Waals surface area contributed by atoms with Crippen LogP contribution < -0.4 is 31.9 Å². The van der Waals surface area contributed by atoms with E-state index < -0.39 is 0 Å². The lowest BCUT2D eigenvalue weighted by Crippen LogP contribution is -2.39. The van der Waals surface area contributed by atoms with Crippen molar-refractivity contribution < 1.29 is 9.59 Å². The summed E-state index contributed by atoms with van der Waals surface area (Å²) in [5, 5.41) is 19.9. The van der Waals surface area contributed by atoms with E-state index in [1.807, 2.05) is 24.3 Å². The Morgan fingerprint density at radius 3 is 0.879 bits per heavy atom. The molecule has 0 spiro atoms. The number of carbonyl (C=O) groups is 2. The van der Waals surface area contributed by atoms with Gasteiger partial charge in [-0.3, -0.25) is 0 Å². The lowest BCUT2D eigenvalue weighted by Gasteiger charge is -2.27. The zero-order valence-electron chi connectivity index (χ0n) is 41.7. The topological polar surface area (TPSA) is 106 Å². The van der Waals surface area contributed by atoms with Gasteiger partial charge in [-0.25, -0.2) is 9.59 Å². The molecule has 5 aromatic carbocycles. The zero-order chi connectivity index (χ0) is 47.6. The molecule has 4 amide bonds. The quantitative estimate of drug-likeness (QED) is 0.0840. The molecule has 2 heterocycles.